The summed E-state index contributed by atoms with van der Waals surface area (Å²) in [5.41, 5.74) is 10.4. The van der Waals surface area contributed by atoms with E-state index < -0.39 is 0 Å². The minimum Gasteiger partial charge on any atom is -0.328 e. The number of aliphatic imine (C=N–C) groups is 1. The number of benzene rings is 6. The summed E-state index contributed by atoms with van der Waals surface area (Å²) < 4.78 is 4.81. The molecule has 3 nitrogen and oxygen atoms in total. The molecular formula is C45H33N3S. The summed E-state index contributed by atoms with van der Waals surface area (Å²) in [5, 5.41) is 4.87. The predicted molar refractivity (Wildman–Crippen MR) is 210 cm³/mol. The molecule has 4 heteroatoms. The van der Waals surface area contributed by atoms with E-state index in [9.17, 15) is 0 Å². The third-order valence-corrected chi connectivity index (χ3v) is 10.6. The van der Waals surface area contributed by atoms with Gasteiger partial charge in [0.25, 0.3) is 0 Å². The molecule has 3 heterocycles. The molecule has 0 fully saturated rings. The molecule has 0 unspecified atom stereocenters. The molecule has 0 saturated carbocycles. The SMILES string of the molecule is C\C=C/C=c1/sc2ccc(-c3ccc4c(c3)c3ccccc3n4-c3ccccc3)cc2/c1=C1\N=C(c2ccccc2)c2ccccc2N1C. The van der Waals surface area contributed by atoms with Gasteiger partial charge in [-0.05, 0) is 72.7 Å². The number of thiophene rings is 1. The maximum Gasteiger partial charge on any atom is 0.142 e. The summed E-state index contributed by atoms with van der Waals surface area (Å²) >= 11 is 1.82. The number of rotatable bonds is 4. The van der Waals surface area contributed by atoms with Gasteiger partial charge in [0.2, 0.25) is 0 Å². The molecule has 1 aliphatic heterocycles. The van der Waals surface area contributed by atoms with Crippen molar-refractivity contribution >= 4 is 66.5 Å². The first-order valence-corrected chi connectivity index (χ1v) is 17.5. The first-order valence-electron chi connectivity index (χ1n) is 16.7. The lowest BCUT2D eigenvalue weighted by molar-refractivity contribution is 1.15. The Morgan fingerprint density at radius 1 is 0.612 bits per heavy atom. The topological polar surface area (TPSA) is 20.5 Å². The fraction of sp³-hybridized carbons (Fsp3) is 0.0444. The van der Waals surface area contributed by atoms with Crippen LogP contribution in [0.5, 0.6) is 0 Å². The fourth-order valence-electron chi connectivity index (χ4n) is 7.20. The molecule has 0 amide bonds. The first-order chi connectivity index (χ1) is 24.2. The summed E-state index contributed by atoms with van der Waals surface area (Å²) in [6, 6.07) is 52.3. The maximum absolute atomic E-state index is 5.46. The number of allylic oxidation sites excluding steroid dienone is 2. The molecule has 0 radical (unpaired) electrons. The van der Waals surface area contributed by atoms with E-state index in [0.29, 0.717) is 0 Å². The van der Waals surface area contributed by atoms with Gasteiger partial charge in [-0.3, -0.25) is 0 Å². The normalized spacial score (nSPS) is 14.7. The molecule has 1 aliphatic rings. The van der Waals surface area contributed by atoms with Crippen molar-refractivity contribution in [1.82, 2.24) is 4.57 Å². The van der Waals surface area contributed by atoms with Gasteiger partial charge in [0.15, 0.2) is 0 Å². The number of aromatic nitrogens is 1. The zero-order valence-electron chi connectivity index (χ0n) is 27.3. The number of hydrogen-bond donors (Lipinski definition) is 0. The van der Waals surface area contributed by atoms with E-state index in [2.05, 4.69) is 187 Å². The van der Waals surface area contributed by atoms with Gasteiger partial charge in [-0.1, -0.05) is 109 Å². The van der Waals surface area contributed by atoms with Crippen LogP contribution in [0.25, 0.3) is 60.6 Å². The van der Waals surface area contributed by atoms with Crippen molar-refractivity contribution in [1.29, 1.82) is 0 Å². The largest absolute Gasteiger partial charge is 0.328 e. The van der Waals surface area contributed by atoms with Crippen LogP contribution in [0, 0.1) is 0 Å². The average molecular weight is 648 g/mol. The molecule has 0 spiro atoms. The van der Waals surface area contributed by atoms with Gasteiger partial charge in [0, 0.05) is 54.5 Å². The highest BCUT2D eigenvalue weighted by atomic mass is 32.1. The lowest BCUT2D eigenvalue weighted by Crippen LogP contribution is -2.33. The zero-order chi connectivity index (χ0) is 32.9. The lowest BCUT2D eigenvalue weighted by atomic mass is 9.98. The Bertz CT molecular complexity index is 2730. The predicted octanol–water partition coefficient (Wildman–Crippen LogP) is 10.1. The van der Waals surface area contributed by atoms with Crippen molar-refractivity contribution < 1.29 is 0 Å². The summed E-state index contributed by atoms with van der Waals surface area (Å²) in [6.07, 6.45) is 6.44. The lowest BCUT2D eigenvalue weighted by Gasteiger charge is -2.28. The summed E-state index contributed by atoms with van der Waals surface area (Å²) in [5.74, 6) is 0.957. The van der Waals surface area contributed by atoms with Gasteiger partial charge >= 0.3 is 0 Å². The summed E-state index contributed by atoms with van der Waals surface area (Å²) in [4.78, 5) is 7.72. The number of anilines is 1. The molecule has 0 atom stereocenters. The second-order valence-corrected chi connectivity index (χ2v) is 13.5. The van der Waals surface area contributed by atoms with Crippen molar-refractivity contribution in [2.24, 2.45) is 4.99 Å². The molecule has 234 valence electrons. The van der Waals surface area contributed by atoms with Gasteiger partial charge in [-0.15, -0.1) is 11.3 Å². The Balaban J connectivity index is 1.30. The molecular weight excluding hydrogens is 615 g/mol. The highest BCUT2D eigenvalue weighted by Crippen LogP contribution is 2.36. The van der Waals surface area contributed by atoms with Crippen LogP contribution in [0.15, 0.2) is 163 Å². The minimum absolute atomic E-state index is 0.957. The van der Waals surface area contributed by atoms with Gasteiger partial charge in [0.1, 0.15) is 5.82 Å². The van der Waals surface area contributed by atoms with Gasteiger partial charge in [-0.25, -0.2) is 4.99 Å². The van der Waals surface area contributed by atoms with Crippen molar-refractivity contribution in [3.63, 3.8) is 0 Å². The van der Waals surface area contributed by atoms with Crippen LogP contribution in [0.4, 0.5) is 5.69 Å². The average Bonchev–Trinajstić information content (AvgIpc) is 3.69. The molecule has 6 aromatic carbocycles. The standard InChI is InChI=1S/C45H33N3S/c1-3-4-23-42-43(45-46-44(30-15-7-5-8-16-30)35-20-12-13-21-38(35)47(45)2)37-29-32(25-27-41(37)49-42)31-24-26-40-36(28-31)34-19-11-14-22-39(34)48(40)33-17-9-6-10-18-33/h3-29H,1-2H3/b4-3-,42-23+,45-43-. The zero-order valence-corrected chi connectivity index (χ0v) is 28.2. The van der Waals surface area contributed by atoms with E-state index in [-0.39, 0.29) is 0 Å². The second kappa shape index (κ2) is 11.9. The molecule has 0 aliphatic carbocycles. The Kier molecular flexibility index (Phi) is 7.10. The van der Waals surface area contributed by atoms with E-state index in [1.54, 1.807) is 0 Å². The Hall–Kier alpha value is -5.97. The van der Waals surface area contributed by atoms with E-state index in [4.69, 9.17) is 4.99 Å². The Labute approximate surface area is 289 Å². The third kappa shape index (κ3) is 4.83. The van der Waals surface area contributed by atoms with Crippen LogP contribution in [-0.4, -0.2) is 17.3 Å². The van der Waals surface area contributed by atoms with Crippen LogP contribution >= 0.6 is 11.3 Å². The Morgan fingerprint density at radius 2 is 1.29 bits per heavy atom. The molecule has 0 saturated heterocycles. The molecule has 0 bridgehead atoms. The summed E-state index contributed by atoms with van der Waals surface area (Å²) in [6.45, 7) is 2.06. The molecule has 9 rings (SSSR count). The number of nitrogens with zero attached hydrogens (tertiary/aromatic N) is 3. The molecule has 0 N–H and O–H groups in total. The number of hydrogen-bond acceptors (Lipinski definition) is 3. The Morgan fingerprint density at radius 3 is 2.10 bits per heavy atom. The van der Waals surface area contributed by atoms with E-state index in [0.717, 1.165) is 33.6 Å². The third-order valence-electron chi connectivity index (χ3n) is 9.50. The summed E-state index contributed by atoms with van der Waals surface area (Å²) in [7, 11) is 2.14. The van der Waals surface area contributed by atoms with E-state index >= 15 is 0 Å². The van der Waals surface area contributed by atoms with Crippen LogP contribution in [0.1, 0.15) is 18.1 Å². The smallest absolute Gasteiger partial charge is 0.142 e. The fourth-order valence-corrected chi connectivity index (χ4v) is 8.29. The van der Waals surface area contributed by atoms with Crippen LogP contribution in [0.2, 0.25) is 0 Å². The van der Waals surface area contributed by atoms with Crippen molar-refractivity contribution in [3.05, 3.63) is 179 Å². The van der Waals surface area contributed by atoms with Crippen LogP contribution in [0.3, 0.4) is 0 Å². The van der Waals surface area contributed by atoms with Crippen LogP contribution in [-0.2, 0) is 0 Å². The quantitative estimate of drug-likeness (QED) is 0.186. The number of fused-ring (bicyclic) bond motifs is 5. The van der Waals surface area contributed by atoms with E-state index in [1.807, 2.05) is 11.3 Å². The van der Waals surface area contributed by atoms with E-state index in [1.165, 1.54) is 53.2 Å². The van der Waals surface area contributed by atoms with Crippen molar-refractivity contribution in [2.45, 2.75) is 6.92 Å². The first kappa shape index (κ1) is 29.2. The van der Waals surface area contributed by atoms with Crippen LogP contribution < -0.4 is 14.7 Å². The van der Waals surface area contributed by atoms with Gasteiger partial charge in [0.05, 0.1) is 22.4 Å². The monoisotopic (exact) mass is 647 g/mol. The van der Waals surface area contributed by atoms with Gasteiger partial charge in [-0.2, -0.15) is 0 Å². The molecule has 49 heavy (non-hydrogen) atoms. The highest BCUT2D eigenvalue weighted by Gasteiger charge is 2.24. The van der Waals surface area contributed by atoms with Crippen molar-refractivity contribution in [2.75, 3.05) is 11.9 Å². The van der Waals surface area contributed by atoms with Gasteiger partial charge < -0.3 is 9.47 Å². The van der Waals surface area contributed by atoms with Crippen molar-refractivity contribution in [3.8, 4) is 16.8 Å². The second-order valence-electron chi connectivity index (χ2n) is 12.4. The maximum atomic E-state index is 5.46. The number of para-hydroxylation sites is 3. The minimum atomic E-state index is 0.957. The molecule has 2 aromatic heterocycles. The molecule has 8 aromatic rings. The highest BCUT2D eigenvalue weighted by molar-refractivity contribution is 7.17.